The minimum atomic E-state index is 0.0148. The van der Waals surface area contributed by atoms with Gasteiger partial charge in [0.1, 0.15) is 0 Å². The SMILES string of the molecule is Cn1cc(NC2CC(c3cccc(Cl)c3)C2)ccc1=O. The van der Waals surface area contributed by atoms with Crippen molar-refractivity contribution in [2.45, 2.75) is 24.8 Å². The van der Waals surface area contributed by atoms with Crippen molar-refractivity contribution in [3.8, 4) is 0 Å². The summed E-state index contributed by atoms with van der Waals surface area (Å²) in [5, 5.41) is 4.27. The van der Waals surface area contributed by atoms with Crippen LogP contribution in [-0.4, -0.2) is 10.6 Å². The summed E-state index contributed by atoms with van der Waals surface area (Å²) in [5.41, 5.74) is 2.33. The van der Waals surface area contributed by atoms with Crippen LogP contribution < -0.4 is 10.9 Å². The molecular weight excluding hydrogens is 272 g/mol. The Morgan fingerprint density at radius 2 is 2.05 bits per heavy atom. The molecule has 0 aliphatic heterocycles. The van der Waals surface area contributed by atoms with Crippen molar-refractivity contribution in [3.05, 3.63) is 63.5 Å². The zero-order chi connectivity index (χ0) is 14.1. The van der Waals surface area contributed by atoms with Crippen LogP contribution in [0, 0.1) is 0 Å². The first kappa shape index (κ1) is 13.3. The largest absolute Gasteiger partial charge is 0.381 e. The van der Waals surface area contributed by atoms with Crippen LogP contribution in [0.25, 0.3) is 0 Å². The smallest absolute Gasteiger partial charge is 0.250 e. The highest BCUT2D eigenvalue weighted by atomic mass is 35.5. The molecule has 0 saturated heterocycles. The van der Waals surface area contributed by atoms with Gasteiger partial charge in [0.2, 0.25) is 5.56 Å². The summed E-state index contributed by atoms with van der Waals surface area (Å²) in [6, 6.07) is 12.0. The third kappa shape index (κ3) is 2.73. The van der Waals surface area contributed by atoms with Gasteiger partial charge in [-0.2, -0.15) is 0 Å². The molecule has 1 aliphatic carbocycles. The lowest BCUT2D eigenvalue weighted by Crippen LogP contribution is -2.34. The van der Waals surface area contributed by atoms with E-state index in [0.29, 0.717) is 12.0 Å². The van der Waals surface area contributed by atoms with Crippen LogP contribution in [0.2, 0.25) is 5.02 Å². The van der Waals surface area contributed by atoms with Crippen molar-refractivity contribution in [2.75, 3.05) is 5.32 Å². The van der Waals surface area contributed by atoms with E-state index in [-0.39, 0.29) is 5.56 Å². The van der Waals surface area contributed by atoms with Gasteiger partial charge in [-0.1, -0.05) is 23.7 Å². The van der Waals surface area contributed by atoms with E-state index in [9.17, 15) is 4.79 Å². The minimum absolute atomic E-state index is 0.0148. The highest BCUT2D eigenvalue weighted by molar-refractivity contribution is 6.30. The summed E-state index contributed by atoms with van der Waals surface area (Å²) < 4.78 is 1.59. The first-order valence-corrected chi connectivity index (χ1v) is 7.18. The van der Waals surface area contributed by atoms with Crippen molar-refractivity contribution in [2.24, 2.45) is 7.05 Å². The Kier molecular flexibility index (Phi) is 3.53. The Hall–Kier alpha value is -1.74. The zero-order valence-electron chi connectivity index (χ0n) is 11.3. The molecule has 0 bridgehead atoms. The highest BCUT2D eigenvalue weighted by Crippen LogP contribution is 2.38. The first-order valence-electron chi connectivity index (χ1n) is 6.80. The summed E-state index contributed by atoms with van der Waals surface area (Å²) in [6.45, 7) is 0. The van der Waals surface area contributed by atoms with Crippen LogP contribution in [-0.2, 0) is 7.05 Å². The van der Waals surface area contributed by atoms with Crippen molar-refractivity contribution >= 4 is 17.3 Å². The number of aryl methyl sites for hydroxylation is 1. The third-order valence-electron chi connectivity index (χ3n) is 3.91. The molecule has 1 aliphatic rings. The van der Waals surface area contributed by atoms with Crippen LogP contribution in [0.5, 0.6) is 0 Å². The summed E-state index contributed by atoms with van der Waals surface area (Å²) in [4.78, 5) is 11.3. The highest BCUT2D eigenvalue weighted by Gasteiger charge is 2.30. The summed E-state index contributed by atoms with van der Waals surface area (Å²) in [6.07, 6.45) is 4.04. The molecule has 3 nitrogen and oxygen atoms in total. The van der Waals surface area contributed by atoms with E-state index < -0.39 is 0 Å². The fraction of sp³-hybridized carbons (Fsp3) is 0.312. The predicted molar refractivity (Wildman–Crippen MR) is 82.5 cm³/mol. The van der Waals surface area contributed by atoms with E-state index in [0.717, 1.165) is 23.6 Å². The molecule has 4 heteroatoms. The van der Waals surface area contributed by atoms with Gasteiger partial charge < -0.3 is 9.88 Å². The average molecular weight is 289 g/mol. The summed E-state index contributed by atoms with van der Waals surface area (Å²) >= 11 is 6.02. The quantitative estimate of drug-likeness (QED) is 0.939. The number of nitrogens with zero attached hydrogens (tertiary/aromatic N) is 1. The molecule has 1 aromatic heterocycles. The number of anilines is 1. The molecule has 0 spiro atoms. The van der Waals surface area contributed by atoms with Gasteiger partial charge >= 0.3 is 0 Å². The topological polar surface area (TPSA) is 34.0 Å². The number of rotatable bonds is 3. The molecule has 0 atom stereocenters. The van der Waals surface area contributed by atoms with Gasteiger partial charge in [0.15, 0.2) is 0 Å². The summed E-state index contributed by atoms with van der Waals surface area (Å²) in [7, 11) is 1.77. The lowest BCUT2D eigenvalue weighted by molar-refractivity contribution is 0.374. The van der Waals surface area contributed by atoms with E-state index >= 15 is 0 Å². The second-order valence-corrected chi connectivity index (χ2v) is 5.87. The lowest BCUT2D eigenvalue weighted by atomic mass is 9.76. The number of hydrogen-bond acceptors (Lipinski definition) is 2. The number of pyridine rings is 1. The normalized spacial score (nSPS) is 21.3. The molecule has 1 saturated carbocycles. The molecule has 0 amide bonds. The zero-order valence-corrected chi connectivity index (χ0v) is 12.1. The van der Waals surface area contributed by atoms with E-state index in [1.165, 1.54) is 5.56 Å². The molecule has 2 aromatic rings. The standard InChI is InChI=1S/C16H17ClN2O/c1-19-10-14(5-6-16(19)20)18-15-8-12(9-15)11-3-2-4-13(17)7-11/h2-7,10,12,15,18H,8-9H2,1H3. The maximum Gasteiger partial charge on any atom is 0.250 e. The lowest BCUT2D eigenvalue weighted by Gasteiger charge is -2.37. The molecule has 1 N–H and O–H groups in total. The number of benzene rings is 1. The molecule has 1 heterocycles. The van der Waals surface area contributed by atoms with Gasteiger partial charge in [-0.3, -0.25) is 4.79 Å². The van der Waals surface area contributed by atoms with Gasteiger partial charge in [-0.25, -0.2) is 0 Å². The van der Waals surface area contributed by atoms with Crippen molar-refractivity contribution < 1.29 is 0 Å². The molecule has 1 fully saturated rings. The second-order valence-electron chi connectivity index (χ2n) is 5.43. The van der Waals surface area contributed by atoms with Crippen LogP contribution in [0.1, 0.15) is 24.3 Å². The Bertz CT molecular complexity index is 674. The molecule has 1 aromatic carbocycles. The molecule has 0 radical (unpaired) electrons. The fourth-order valence-corrected chi connectivity index (χ4v) is 2.88. The number of halogens is 1. The average Bonchev–Trinajstić information content (AvgIpc) is 2.37. The fourth-order valence-electron chi connectivity index (χ4n) is 2.68. The van der Waals surface area contributed by atoms with E-state index in [4.69, 9.17) is 11.6 Å². The molecular formula is C16H17ClN2O. The van der Waals surface area contributed by atoms with E-state index in [1.54, 1.807) is 17.7 Å². The Balaban J connectivity index is 1.60. The molecule has 3 rings (SSSR count). The number of aromatic nitrogens is 1. The van der Waals surface area contributed by atoms with Gasteiger partial charge in [0.05, 0.1) is 5.69 Å². The number of nitrogens with one attached hydrogen (secondary N) is 1. The van der Waals surface area contributed by atoms with Crippen LogP contribution in [0.3, 0.4) is 0 Å². The van der Waals surface area contributed by atoms with Gasteiger partial charge in [-0.15, -0.1) is 0 Å². The van der Waals surface area contributed by atoms with E-state index in [1.807, 2.05) is 24.4 Å². The second kappa shape index (κ2) is 5.33. The Labute approximate surface area is 123 Å². The number of hydrogen-bond donors (Lipinski definition) is 1. The van der Waals surface area contributed by atoms with Crippen LogP contribution >= 0.6 is 11.6 Å². The minimum Gasteiger partial charge on any atom is -0.381 e. The summed E-state index contributed by atoms with van der Waals surface area (Å²) in [5.74, 6) is 0.582. The van der Waals surface area contributed by atoms with Gasteiger partial charge in [0, 0.05) is 30.4 Å². The van der Waals surface area contributed by atoms with Crippen molar-refractivity contribution in [3.63, 3.8) is 0 Å². The maximum absolute atomic E-state index is 11.3. The van der Waals surface area contributed by atoms with Crippen molar-refractivity contribution in [1.82, 2.24) is 4.57 Å². The third-order valence-corrected chi connectivity index (χ3v) is 4.15. The van der Waals surface area contributed by atoms with E-state index in [2.05, 4.69) is 17.4 Å². The van der Waals surface area contributed by atoms with Crippen molar-refractivity contribution in [1.29, 1.82) is 0 Å². The monoisotopic (exact) mass is 288 g/mol. The Morgan fingerprint density at radius 1 is 1.25 bits per heavy atom. The van der Waals surface area contributed by atoms with Gasteiger partial charge in [0.25, 0.3) is 0 Å². The molecule has 104 valence electrons. The Morgan fingerprint density at radius 3 is 2.75 bits per heavy atom. The molecule has 20 heavy (non-hydrogen) atoms. The van der Waals surface area contributed by atoms with Crippen LogP contribution in [0.15, 0.2) is 47.4 Å². The maximum atomic E-state index is 11.3. The first-order chi connectivity index (χ1) is 9.61. The predicted octanol–water partition coefficient (Wildman–Crippen LogP) is 3.40. The molecule has 0 unspecified atom stereocenters. The van der Waals surface area contributed by atoms with Crippen LogP contribution in [0.4, 0.5) is 5.69 Å². The van der Waals surface area contributed by atoms with Gasteiger partial charge in [-0.05, 0) is 42.5 Å².